The third kappa shape index (κ3) is 3.15. The van der Waals surface area contributed by atoms with Gasteiger partial charge in [0.2, 0.25) is 0 Å². The summed E-state index contributed by atoms with van der Waals surface area (Å²) in [5.41, 5.74) is 2.24. The smallest absolute Gasteiger partial charge is 0.178 e. The number of hydrogen-bond acceptors (Lipinski definition) is 6. The Bertz CT molecular complexity index is 964. The lowest BCUT2D eigenvalue weighted by Gasteiger charge is -2.31. The molecule has 0 radical (unpaired) electrons. The summed E-state index contributed by atoms with van der Waals surface area (Å²) in [6.45, 7) is 4.22. The topological polar surface area (TPSA) is 67.4 Å². The normalized spacial score (nSPS) is 18.5. The lowest BCUT2D eigenvalue weighted by Crippen LogP contribution is -2.34. The first-order valence-corrected chi connectivity index (χ1v) is 10.3. The average molecular weight is 381 g/mol. The first-order valence-electron chi connectivity index (χ1n) is 10.3. The summed E-state index contributed by atoms with van der Waals surface area (Å²) in [5, 5.41) is 13.5. The van der Waals surface area contributed by atoms with Crippen molar-refractivity contribution in [2.45, 2.75) is 51.1 Å². The molecule has 0 saturated carbocycles. The van der Waals surface area contributed by atoms with E-state index >= 15 is 0 Å². The number of hydrogen-bond donors (Lipinski definition) is 0. The van der Waals surface area contributed by atoms with Crippen LogP contribution in [0.5, 0.6) is 0 Å². The fourth-order valence-corrected chi connectivity index (χ4v) is 4.47. The van der Waals surface area contributed by atoms with Crippen LogP contribution in [-0.2, 0) is 19.5 Å². The third-order valence-electron chi connectivity index (χ3n) is 6.13. The van der Waals surface area contributed by atoms with Crippen molar-refractivity contribution in [3.05, 3.63) is 35.7 Å². The minimum atomic E-state index is 0.408. The van der Waals surface area contributed by atoms with Crippen molar-refractivity contribution in [2.75, 3.05) is 32.1 Å². The van der Waals surface area contributed by atoms with Gasteiger partial charge >= 0.3 is 0 Å². The quantitative estimate of drug-likeness (QED) is 0.691. The van der Waals surface area contributed by atoms with Gasteiger partial charge < -0.3 is 9.47 Å². The van der Waals surface area contributed by atoms with Gasteiger partial charge in [-0.1, -0.05) is 0 Å². The monoisotopic (exact) mass is 380 g/mol. The zero-order valence-corrected chi connectivity index (χ0v) is 16.8. The number of aryl methyl sites for hydroxylation is 1. The molecular formula is C20H28N8. The molecule has 1 fully saturated rings. The standard InChI is InChI=1S/C20H28N8/c1-25(2)18-7-6-17-22-23-20(28(17)24-18)15-8-11-26(12-9-15)14-19-21-13-16-5-3-4-10-27(16)19/h6-7,13,15H,3-5,8-12,14H2,1-2H3. The highest BCUT2D eigenvalue weighted by Gasteiger charge is 2.26. The summed E-state index contributed by atoms with van der Waals surface area (Å²) in [5.74, 6) is 3.57. The van der Waals surface area contributed by atoms with Gasteiger partial charge in [-0.05, 0) is 57.3 Å². The van der Waals surface area contributed by atoms with Crippen LogP contribution in [0.3, 0.4) is 0 Å². The summed E-state index contributed by atoms with van der Waals surface area (Å²) in [4.78, 5) is 9.25. The van der Waals surface area contributed by atoms with Crippen molar-refractivity contribution >= 4 is 11.5 Å². The predicted octanol–water partition coefficient (Wildman–Crippen LogP) is 2.10. The van der Waals surface area contributed by atoms with E-state index in [0.717, 1.165) is 56.3 Å². The van der Waals surface area contributed by atoms with Gasteiger partial charge in [0.05, 0.1) is 6.54 Å². The Morgan fingerprint density at radius 3 is 2.75 bits per heavy atom. The second-order valence-corrected chi connectivity index (χ2v) is 8.24. The van der Waals surface area contributed by atoms with Gasteiger partial charge in [-0.3, -0.25) is 4.90 Å². The number of aromatic nitrogens is 6. The molecule has 8 heteroatoms. The Labute approximate surface area is 165 Å². The molecule has 2 aliphatic rings. The van der Waals surface area contributed by atoms with Gasteiger partial charge in [0.1, 0.15) is 11.6 Å². The molecule has 0 N–H and O–H groups in total. The highest BCUT2D eigenvalue weighted by Crippen LogP contribution is 2.28. The molecule has 0 aromatic carbocycles. The van der Waals surface area contributed by atoms with Crippen molar-refractivity contribution < 1.29 is 0 Å². The van der Waals surface area contributed by atoms with E-state index in [4.69, 9.17) is 10.1 Å². The number of fused-ring (bicyclic) bond motifs is 2. The largest absolute Gasteiger partial charge is 0.361 e. The van der Waals surface area contributed by atoms with Crippen molar-refractivity contribution in [1.82, 2.24) is 34.3 Å². The number of imidazole rings is 1. The Morgan fingerprint density at radius 2 is 1.93 bits per heavy atom. The summed E-state index contributed by atoms with van der Waals surface area (Å²) in [7, 11) is 4.01. The lowest BCUT2D eigenvalue weighted by molar-refractivity contribution is 0.193. The van der Waals surface area contributed by atoms with Crippen molar-refractivity contribution in [3.63, 3.8) is 0 Å². The van der Waals surface area contributed by atoms with Gasteiger partial charge in [-0.25, -0.2) is 4.98 Å². The Kier molecular flexibility index (Phi) is 4.50. The molecular weight excluding hydrogens is 352 g/mol. The maximum atomic E-state index is 4.73. The van der Waals surface area contributed by atoms with Gasteiger partial charge in [-0.2, -0.15) is 4.52 Å². The molecule has 3 aromatic rings. The van der Waals surface area contributed by atoms with E-state index in [9.17, 15) is 0 Å². The van der Waals surface area contributed by atoms with E-state index in [1.807, 2.05) is 35.6 Å². The zero-order chi connectivity index (χ0) is 19.1. The molecule has 2 aliphatic heterocycles. The van der Waals surface area contributed by atoms with Crippen LogP contribution < -0.4 is 4.90 Å². The molecule has 0 bridgehead atoms. The van der Waals surface area contributed by atoms with Crippen LogP contribution in [0.1, 0.15) is 48.9 Å². The number of anilines is 1. The fraction of sp³-hybridized carbons (Fsp3) is 0.600. The molecule has 3 aromatic heterocycles. The molecule has 0 spiro atoms. The second-order valence-electron chi connectivity index (χ2n) is 8.24. The summed E-state index contributed by atoms with van der Waals surface area (Å²) >= 11 is 0. The zero-order valence-electron chi connectivity index (χ0n) is 16.8. The SMILES string of the molecule is CN(C)c1ccc2nnc(C3CCN(Cc4ncc5n4CCCC5)CC3)n2n1. The van der Waals surface area contributed by atoms with Crippen LogP contribution in [0, 0.1) is 0 Å². The summed E-state index contributed by atoms with van der Waals surface area (Å²) in [6, 6.07) is 3.98. The number of piperidine rings is 1. The highest BCUT2D eigenvalue weighted by molar-refractivity contribution is 5.45. The predicted molar refractivity (Wildman–Crippen MR) is 108 cm³/mol. The molecule has 0 atom stereocenters. The Morgan fingerprint density at radius 1 is 1.07 bits per heavy atom. The van der Waals surface area contributed by atoms with Gasteiger partial charge in [0.25, 0.3) is 0 Å². The van der Waals surface area contributed by atoms with Crippen LogP contribution >= 0.6 is 0 Å². The fourth-order valence-electron chi connectivity index (χ4n) is 4.47. The van der Waals surface area contributed by atoms with E-state index in [0.29, 0.717) is 5.92 Å². The first kappa shape index (κ1) is 17.6. The van der Waals surface area contributed by atoms with Crippen molar-refractivity contribution in [2.24, 2.45) is 0 Å². The van der Waals surface area contributed by atoms with Crippen LogP contribution in [0.15, 0.2) is 18.3 Å². The molecule has 0 amide bonds. The molecule has 0 unspecified atom stereocenters. The van der Waals surface area contributed by atoms with E-state index in [-0.39, 0.29) is 0 Å². The maximum absolute atomic E-state index is 4.73. The number of nitrogens with zero attached hydrogens (tertiary/aromatic N) is 8. The number of likely N-dealkylation sites (tertiary alicyclic amines) is 1. The second kappa shape index (κ2) is 7.16. The van der Waals surface area contributed by atoms with Gasteiger partial charge in [-0.15, -0.1) is 15.3 Å². The van der Waals surface area contributed by atoms with Crippen molar-refractivity contribution in [3.8, 4) is 0 Å². The molecule has 1 saturated heterocycles. The lowest BCUT2D eigenvalue weighted by atomic mass is 9.96. The molecule has 8 nitrogen and oxygen atoms in total. The van der Waals surface area contributed by atoms with E-state index in [1.54, 1.807) is 0 Å². The molecule has 0 aliphatic carbocycles. The Hall–Kier alpha value is -2.48. The van der Waals surface area contributed by atoms with Crippen molar-refractivity contribution in [1.29, 1.82) is 0 Å². The Balaban J connectivity index is 1.28. The van der Waals surface area contributed by atoms with Crippen LogP contribution in [0.2, 0.25) is 0 Å². The first-order chi connectivity index (χ1) is 13.7. The maximum Gasteiger partial charge on any atom is 0.178 e. The molecule has 148 valence electrons. The minimum absolute atomic E-state index is 0.408. The third-order valence-corrected chi connectivity index (χ3v) is 6.13. The summed E-state index contributed by atoms with van der Waals surface area (Å²) in [6.07, 6.45) is 8.01. The molecule has 5 heterocycles. The van der Waals surface area contributed by atoms with Crippen LogP contribution in [0.25, 0.3) is 5.65 Å². The average Bonchev–Trinajstić information content (AvgIpc) is 3.33. The summed E-state index contributed by atoms with van der Waals surface area (Å²) < 4.78 is 4.37. The molecule has 5 rings (SSSR count). The van der Waals surface area contributed by atoms with Crippen LogP contribution in [-0.4, -0.2) is 61.4 Å². The highest BCUT2D eigenvalue weighted by atomic mass is 15.4. The molecule has 28 heavy (non-hydrogen) atoms. The van der Waals surface area contributed by atoms with E-state index in [2.05, 4.69) is 25.9 Å². The number of rotatable bonds is 4. The van der Waals surface area contributed by atoms with Crippen LogP contribution in [0.4, 0.5) is 5.82 Å². The van der Waals surface area contributed by atoms with Gasteiger partial charge in [0, 0.05) is 38.4 Å². The minimum Gasteiger partial charge on any atom is -0.361 e. The van der Waals surface area contributed by atoms with E-state index < -0.39 is 0 Å². The van der Waals surface area contributed by atoms with E-state index in [1.165, 1.54) is 30.8 Å². The van der Waals surface area contributed by atoms with Gasteiger partial charge in [0.15, 0.2) is 11.5 Å².